The van der Waals surface area contributed by atoms with E-state index in [1.807, 2.05) is 36.4 Å². The van der Waals surface area contributed by atoms with Crippen molar-refractivity contribution >= 4 is 12.2 Å². The number of rotatable bonds is 3. The van der Waals surface area contributed by atoms with Crippen molar-refractivity contribution in [1.82, 2.24) is 4.98 Å². The van der Waals surface area contributed by atoms with Crippen LogP contribution >= 0.6 is 0 Å². The van der Waals surface area contributed by atoms with E-state index in [4.69, 9.17) is 0 Å². The number of hydrogen-bond acceptors (Lipinski definition) is 1. The fraction of sp³-hybridized carbons (Fsp3) is 0.0625. The highest BCUT2D eigenvalue weighted by Gasteiger charge is 1.88. The Bertz CT molecular complexity index is 510. The van der Waals surface area contributed by atoms with E-state index in [-0.39, 0.29) is 0 Å². The lowest BCUT2D eigenvalue weighted by Crippen LogP contribution is -1.78. The fourth-order valence-corrected chi connectivity index (χ4v) is 1.53. The smallest absolute Gasteiger partial charge is 0.0632 e. The summed E-state index contributed by atoms with van der Waals surface area (Å²) < 4.78 is 0. The van der Waals surface area contributed by atoms with Gasteiger partial charge >= 0.3 is 0 Å². The Labute approximate surface area is 102 Å². The van der Waals surface area contributed by atoms with Gasteiger partial charge in [0.15, 0.2) is 0 Å². The average molecular weight is 221 g/mol. The molecule has 0 spiro atoms. The van der Waals surface area contributed by atoms with E-state index in [2.05, 4.69) is 42.3 Å². The highest BCUT2D eigenvalue weighted by molar-refractivity contribution is 5.59. The van der Waals surface area contributed by atoms with Crippen LogP contribution in [0.3, 0.4) is 0 Å². The third-order valence-corrected chi connectivity index (χ3v) is 2.40. The number of nitrogens with zero attached hydrogens (tertiary/aromatic N) is 1. The fourth-order valence-electron chi connectivity index (χ4n) is 1.53. The molecule has 0 saturated carbocycles. The van der Waals surface area contributed by atoms with E-state index in [0.717, 1.165) is 5.69 Å². The van der Waals surface area contributed by atoms with Gasteiger partial charge in [0.05, 0.1) is 5.69 Å². The molecule has 1 aromatic carbocycles. The summed E-state index contributed by atoms with van der Waals surface area (Å²) in [4.78, 5) is 4.26. The van der Waals surface area contributed by atoms with Crippen LogP contribution in [0, 0.1) is 0 Å². The first kappa shape index (κ1) is 11.3. The van der Waals surface area contributed by atoms with Gasteiger partial charge in [-0.1, -0.05) is 48.6 Å². The van der Waals surface area contributed by atoms with Gasteiger partial charge in [-0.25, -0.2) is 0 Å². The molecule has 0 fully saturated rings. The molecule has 17 heavy (non-hydrogen) atoms. The summed E-state index contributed by atoms with van der Waals surface area (Å²) in [7, 11) is 0. The molecule has 0 radical (unpaired) electrons. The van der Waals surface area contributed by atoms with Gasteiger partial charge in [-0.3, -0.25) is 4.98 Å². The van der Waals surface area contributed by atoms with Crippen molar-refractivity contribution in [3.05, 3.63) is 77.6 Å². The molecule has 0 aliphatic carbocycles. The zero-order chi connectivity index (χ0) is 11.9. The summed E-state index contributed by atoms with van der Waals surface area (Å²) in [6.45, 7) is 2.08. The number of allylic oxidation sites excluding steroid dienone is 2. The predicted octanol–water partition coefficient (Wildman–Crippen LogP) is 4.20. The molecule has 0 bridgehead atoms. The molecule has 0 amide bonds. The molecule has 2 aromatic rings. The van der Waals surface area contributed by atoms with Crippen molar-refractivity contribution in [2.45, 2.75) is 6.92 Å². The van der Waals surface area contributed by atoms with Crippen molar-refractivity contribution in [1.29, 1.82) is 0 Å². The lowest BCUT2D eigenvalue weighted by Gasteiger charge is -1.95. The Hall–Kier alpha value is -2.15. The molecule has 0 saturated heterocycles. The lowest BCUT2D eigenvalue weighted by molar-refractivity contribution is 1.29. The molecular weight excluding hydrogens is 206 g/mol. The van der Waals surface area contributed by atoms with E-state index in [9.17, 15) is 0 Å². The summed E-state index contributed by atoms with van der Waals surface area (Å²) in [5.74, 6) is 0. The van der Waals surface area contributed by atoms with Crippen LogP contribution in [0.15, 0.2) is 66.4 Å². The SMILES string of the molecule is CC(C=Cc1ccccc1)=Cc1ccccn1. The molecule has 0 N–H and O–H groups in total. The molecule has 1 nitrogen and oxygen atoms in total. The van der Waals surface area contributed by atoms with Crippen molar-refractivity contribution in [2.75, 3.05) is 0 Å². The Morgan fingerprint density at radius 3 is 2.47 bits per heavy atom. The molecular formula is C16H15N. The van der Waals surface area contributed by atoms with Gasteiger partial charge in [0.2, 0.25) is 0 Å². The lowest BCUT2D eigenvalue weighted by atomic mass is 10.1. The summed E-state index contributed by atoms with van der Waals surface area (Å²) in [6, 6.07) is 16.2. The van der Waals surface area contributed by atoms with E-state index in [1.165, 1.54) is 11.1 Å². The number of aromatic nitrogens is 1. The van der Waals surface area contributed by atoms with E-state index >= 15 is 0 Å². The van der Waals surface area contributed by atoms with Crippen molar-refractivity contribution in [3.8, 4) is 0 Å². The van der Waals surface area contributed by atoms with Crippen molar-refractivity contribution in [3.63, 3.8) is 0 Å². The number of benzene rings is 1. The minimum Gasteiger partial charge on any atom is -0.257 e. The maximum absolute atomic E-state index is 4.26. The van der Waals surface area contributed by atoms with Crippen LogP contribution in [0.4, 0.5) is 0 Å². The highest BCUT2D eigenvalue weighted by atomic mass is 14.6. The van der Waals surface area contributed by atoms with Crippen LogP contribution in [-0.4, -0.2) is 4.98 Å². The molecule has 2 rings (SSSR count). The van der Waals surface area contributed by atoms with Crippen LogP contribution in [0.2, 0.25) is 0 Å². The zero-order valence-electron chi connectivity index (χ0n) is 9.88. The second-order valence-corrected chi connectivity index (χ2v) is 3.89. The van der Waals surface area contributed by atoms with Gasteiger partial charge in [0.1, 0.15) is 0 Å². The average Bonchev–Trinajstić information content (AvgIpc) is 2.39. The maximum atomic E-state index is 4.26. The van der Waals surface area contributed by atoms with Crippen LogP contribution in [0.25, 0.3) is 12.2 Å². The number of pyridine rings is 1. The first-order valence-electron chi connectivity index (χ1n) is 5.67. The molecule has 84 valence electrons. The van der Waals surface area contributed by atoms with E-state index in [1.54, 1.807) is 6.20 Å². The third kappa shape index (κ3) is 3.72. The van der Waals surface area contributed by atoms with Crippen LogP contribution < -0.4 is 0 Å². The monoisotopic (exact) mass is 221 g/mol. The summed E-state index contributed by atoms with van der Waals surface area (Å²) in [6.07, 6.45) is 8.08. The van der Waals surface area contributed by atoms with Gasteiger partial charge in [0, 0.05) is 6.20 Å². The van der Waals surface area contributed by atoms with E-state index in [0.29, 0.717) is 0 Å². The predicted molar refractivity (Wildman–Crippen MR) is 73.4 cm³/mol. The molecule has 1 aromatic heterocycles. The molecule has 0 atom stereocenters. The molecule has 0 aliphatic heterocycles. The van der Waals surface area contributed by atoms with Gasteiger partial charge in [0.25, 0.3) is 0 Å². The largest absolute Gasteiger partial charge is 0.257 e. The van der Waals surface area contributed by atoms with Gasteiger partial charge < -0.3 is 0 Å². The Balaban J connectivity index is 2.09. The normalized spacial score (nSPS) is 11.9. The third-order valence-electron chi connectivity index (χ3n) is 2.40. The molecule has 1 heteroatoms. The molecule has 0 unspecified atom stereocenters. The first-order valence-corrected chi connectivity index (χ1v) is 5.67. The maximum Gasteiger partial charge on any atom is 0.0632 e. The summed E-state index contributed by atoms with van der Waals surface area (Å²) in [5, 5.41) is 0. The van der Waals surface area contributed by atoms with E-state index < -0.39 is 0 Å². The van der Waals surface area contributed by atoms with Gasteiger partial charge in [-0.05, 0) is 36.3 Å². The zero-order valence-corrected chi connectivity index (χ0v) is 9.88. The van der Waals surface area contributed by atoms with Gasteiger partial charge in [-0.2, -0.15) is 0 Å². The second-order valence-electron chi connectivity index (χ2n) is 3.89. The van der Waals surface area contributed by atoms with Crippen molar-refractivity contribution in [2.24, 2.45) is 0 Å². The van der Waals surface area contributed by atoms with Crippen LogP contribution in [0.5, 0.6) is 0 Å². The minimum atomic E-state index is 0.989. The second kappa shape index (κ2) is 5.80. The topological polar surface area (TPSA) is 12.9 Å². The Morgan fingerprint density at radius 2 is 1.76 bits per heavy atom. The summed E-state index contributed by atoms with van der Waals surface area (Å²) in [5.41, 5.74) is 3.39. The van der Waals surface area contributed by atoms with Crippen LogP contribution in [-0.2, 0) is 0 Å². The Kier molecular flexibility index (Phi) is 3.87. The summed E-state index contributed by atoms with van der Waals surface area (Å²) >= 11 is 0. The first-order chi connectivity index (χ1) is 8.34. The Morgan fingerprint density at radius 1 is 1.00 bits per heavy atom. The quantitative estimate of drug-likeness (QED) is 0.708. The highest BCUT2D eigenvalue weighted by Crippen LogP contribution is 2.07. The number of hydrogen-bond donors (Lipinski definition) is 0. The van der Waals surface area contributed by atoms with Crippen molar-refractivity contribution < 1.29 is 0 Å². The minimum absolute atomic E-state index is 0.989. The standard InChI is InChI=1S/C16H15N/c1-14(13-16-9-5-6-12-17-16)10-11-15-7-3-2-4-8-15/h2-13H,1H3. The molecule has 1 heterocycles. The van der Waals surface area contributed by atoms with Crippen LogP contribution in [0.1, 0.15) is 18.2 Å². The molecule has 0 aliphatic rings. The van der Waals surface area contributed by atoms with Gasteiger partial charge in [-0.15, -0.1) is 0 Å².